The Hall–Kier alpha value is -1.26. The molecule has 2 N–H and O–H groups in total. The SMILES string of the molecule is CCNC(=NCC1(C2CC2)CCC1)N(C)CC(=O)NC(C)(C)C. The van der Waals surface area contributed by atoms with Crippen LogP contribution in [0.2, 0.25) is 0 Å². The molecule has 2 saturated carbocycles. The van der Waals surface area contributed by atoms with Gasteiger partial charge < -0.3 is 15.5 Å². The second-order valence-corrected chi connectivity index (χ2v) is 8.31. The van der Waals surface area contributed by atoms with E-state index in [4.69, 9.17) is 4.99 Å². The molecule has 0 aromatic rings. The molecule has 1 amide bonds. The molecule has 0 radical (unpaired) electrons. The third-order valence-electron chi connectivity index (χ3n) is 4.93. The van der Waals surface area contributed by atoms with Gasteiger partial charge >= 0.3 is 0 Å². The molecule has 0 heterocycles. The summed E-state index contributed by atoms with van der Waals surface area (Å²) in [5.41, 5.74) is 0.268. The zero-order valence-corrected chi connectivity index (χ0v) is 15.5. The molecule has 0 unspecified atom stereocenters. The molecule has 2 aliphatic carbocycles. The van der Waals surface area contributed by atoms with Gasteiger partial charge in [-0.2, -0.15) is 0 Å². The molecule has 0 saturated heterocycles. The van der Waals surface area contributed by atoms with Gasteiger partial charge in [0, 0.05) is 25.7 Å². The van der Waals surface area contributed by atoms with Crippen molar-refractivity contribution in [2.45, 2.75) is 65.3 Å². The van der Waals surface area contributed by atoms with E-state index in [1.165, 1.54) is 32.1 Å². The maximum atomic E-state index is 12.1. The summed E-state index contributed by atoms with van der Waals surface area (Å²) < 4.78 is 0. The van der Waals surface area contributed by atoms with Gasteiger partial charge in [0.1, 0.15) is 0 Å². The van der Waals surface area contributed by atoms with Gasteiger partial charge in [-0.25, -0.2) is 0 Å². The summed E-state index contributed by atoms with van der Waals surface area (Å²) in [6.45, 7) is 10.1. The quantitative estimate of drug-likeness (QED) is 0.583. The van der Waals surface area contributed by atoms with Crippen LogP contribution < -0.4 is 10.6 Å². The van der Waals surface area contributed by atoms with Gasteiger partial charge in [-0.1, -0.05) is 6.42 Å². The Morgan fingerprint density at radius 2 is 1.96 bits per heavy atom. The van der Waals surface area contributed by atoms with E-state index in [1.807, 2.05) is 32.7 Å². The number of hydrogen-bond acceptors (Lipinski definition) is 2. The van der Waals surface area contributed by atoms with Crippen molar-refractivity contribution in [3.63, 3.8) is 0 Å². The first-order chi connectivity index (χ1) is 10.8. The lowest BCUT2D eigenvalue weighted by Crippen LogP contribution is -2.49. The topological polar surface area (TPSA) is 56.7 Å². The van der Waals surface area contributed by atoms with Crippen LogP contribution in [0.15, 0.2) is 4.99 Å². The van der Waals surface area contributed by atoms with Crippen LogP contribution in [-0.4, -0.2) is 49.0 Å². The van der Waals surface area contributed by atoms with Crippen molar-refractivity contribution in [3.05, 3.63) is 0 Å². The van der Waals surface area contributed by atoms with Crippen molar-refractivity contribution in [2.75, 3.05) is 26.7 Å². The Balaban J connectivity index is 1.93. The monoisotopic (exact) mass is 322 g/mol. The van der Waals surface area contributed by atoms with Crippen molar-refractivity contribution >= 4 is 11.9 Å². The van der Waals surface area contributed by atoms with E-state index in [2.05, 4.69) is 17.6 Å². The smallest absolute Gasteiger partial charge is 0.240 e. The summed E-state index contributed by atoms with van der Waals surface area (Å²) in [4.78, 5) is 18.9. The van der Waals surface area contributed by atoms with Gasteiger partial charge in [-0.3, -0.25) is 9.79 Å². The fourth-order valence-corrected chi connectivity index (χ4v) is 3.47. The first kappa shape index (κ1) is 18.1. The average molecular weight is 322 g/mol. The lowest BCUT2D eigenvalue weighted by Gasteiger charge is -2.41. The van der Waals surface area contributed by atoms with E-state index >= 15 is 0 Å². The van der Waals surface area contributed by atoms with Gasteiger partial charge in [0.05, 0.1) is 6.54 Å². The predicted molar refractivity (Wildman–Crippen MR) is 95.5 cm³/mol. The Morgan fingerprint density at radius 3 is 2.39 bits per heavy atom. The van der Waals surface area contributed by atoms with E-state index in [9.17, 15) is 4.79 Å². The first-order valence-corrected chi connectivity index (χ1v) is 9.06. The fourth-order valence-electron chi connectivity index (χ4n) is 3.47. The Labute approximate surface area is 141 Å². The number of hydrogen-bond donors (Lipinski definition) is 2. The molecule has 2 rings (SSSR count). The van der Waals surface area contributed by atoms with Crippen LogP contribution in [0.25, 0.3) is 0 Å². The molecule has 132 valence electrons. The van der Waals surface area contributed by atoms with Gasteiger partial charge in [-0.15, -0.1) is 0 Å². The summed E-state index contributed by atoms with van der Waals surface area (Å²) in [7, 11) is 1.94. The minimum Gasteiger partial charge on any atom is -0.357 e. The molecule has 0 bridgehead atoms. The van der Waals surface area contributed by atoms with Crippen LogP contribution in [0, 0.1) is 11.3 Å². The minimum atomic E-state index is -0.199. The van der Waals surface area contributed by atoms with Crippen molar-refractivity contribution < 1.29 is 4.79 Å². The number of carbonyl (C=O) groups excluding carboxylic acids is 1. The van der Waals surface area contributed by atoms with E-state index < -0.39 is 0 Å². The highest BCUT2D eigenvalue weighted by Gasteiger charge is 2.48. The van der Waals surface area contributed by atoms with Crippen LogP contribution in [0.5, 0.6) is 0 Å². The van der Waals surface area contributed by atoms with Crippen molar-refractivity contribution in [1.82, 2.24) is 15.5 Å². The highest BCUT2D eigenvalue weighted by Crippen LogP contribution is 2.57. The predicted octanol–water partition coefficient (Wildman–Crippen LogP) is 2.38. The normalized spacial score (nSPS) is 20.7. The summed E-state index contributed by atoms with van der Waals surface area (Å²) >= 11 is 0. The number of likely N-dealkylation sites (N-methyl/N-ethyl adjacent to an activating group) is 1. The molecule has 2 fully saturated rings. The van der Waals surface area contributed by atoms with Crippen molar-refractivity contribution in [1.29, 1.82) is 0 Å². The van der Waals surface area contributed by atoms with Crippen LogP contribution >= 0.6 is 0 Å². The summed E-state index contributed by atoms with van der Waals surface area (Å²) in [6.07, 6.45) is 6.78. The lowest BCUT2D eigenvalue weighted by molar-refractivity contribution is -0.122. The number of aliphatic imine (C=N–C) groups is 1. The van der Waals surface area contributed by atoms with E-state index in [0.717, 1.165) is 25.0 Å². The highest BCUT2D eigenvalue weighted by atomic mass is 16.2. The minimum absolute atomic E-state index is 0.0335. The van der Waals surface area contributed by atoms with Crippen LogP contribution in [0.3, 0.4) is 0 Å². The standard InChI is InChI=1S/C18H34N4O/c1-6-19-16(22(5)12-15(23)21-17(2,3)4)20-13-18(10-7-11-18)14-8-9-14/h14H,6-13H2,1-5H3,(H,19,20)(H,21,23). The third kappa shape index (κ3) is 5.11. The molecule has 23 heavy (non-hydrogen) atoms. The van der Waals surface area contributed by atoms with E-state index in [0.29, 0.717) is 12.0 Å². The molecule has 0 aromatic heterocycles. The average Bonchev–Trinajstić information content (AvgIpc) is 3.18. The Bertz CT molecular complexity index is 444. The lowest BCUT2D eigenvalue weighted by atomic mass is 9.65. The fraction of sp³-hybridized carbons (Fsp3) is 0.889. The molecular weight excluding hydrogens is 288 g/mol. The van der Waals surface area contributed by atoms with Crippen LogP contribution in [-0.2, 0) is 4.79 Å². The van der Waals surface area contributed by atoms with Crippen molar-refractivity contribution in [2.24, 2.45) is 16.3 Å². The maximum Gasteiger partial charge on any atom is 0.240 e. The Morgan fingerprint density at radius 1 is 1.30 bits per heavy atom. The second-order valence-electron chi connectivity index (χ2n) is 8.31. The molecule has 0 spiro atoms. The zero-order chi connectivity index (χ0) is 17.1. The van der Waals surface area contributed by atoms with Crippen molar-refractivity contribution in [3.8, 4) is 0 Å². The van der Waals surface area contributed by atoms with Crippen LogP contribution in [0.1, 0.15) is 59.8 Å². The van der Waals surface area contributed by atoms with Gasteiger partial charge in [-0.05, 0) is 64.7 Å². The van der Waals surface area contributed by atoms with Gasteiger partial charge in [0.15, 0.2) is 5.96 Å². The maximum absolute atomic E-state index is 12.1. The number of amides is 1. The molecule has 0 atom stereocenters. The molecular formula is C18H34N4O. The molecule has 0 aromatic carbocycles. The summed E-state index contributed by atoms with van der Waals surface area (Å²) in [6, 6.07) is 0. The van der Waals surface area contributed by atoms with E-state index in [1.54, 1.807) is 0 Å². The van der Waals surface area contributed by atoms with E-state index in [-0.39, 0.29) is 11.4 Å². The number of rotatable bonds is 6. The number of carbonyl (C=O) groups is 1. The Kier molecular flexibility index (Phi) is 5.58. The summed E-state index contributed by atoms with van der Waals surface area (Å²) in [5, 5.41) is 6.33. The van der Waals surface area contributed by atoms with Crippen LogP contribution in [0.4, 0.5) is 0 Å². The first-order valence-electron chi connectivity index (χ1n) is 9.06. The largest absolute Gasteiger partial charge is 0.357 e. The second kappa shape index (κ2) is 7.10. The zero-order valence-electron chi connectivity index (χ0n) is 15.5. The molecule has 5 nitrogen and oxygen atoms in total. The summed E-state index contributed by atoms with van der Waals surface area (Å²) in [5.74, 6) is 1.78. The highest BCUT2D eigenvalue weighted by molar-refractivity contribution is 5.86. The third-order valence-corrected chi connectivity index (χ3v) is 4.93. The molecule has 0 aliphatic heterocycles. The van der Waals surface area contributed by atoms with Gasteiger partial charge in [0.2, 0.25) is 5.91 Å². The number of guanidine groups is 1. The molecule has 2 aliphatic rings. The molecule has 5 heteroatoms. The number of nitrogens with zero attached hydrogens (tertiary/aromatic N) is 2. The van der Waals surface area contributed by atoms with Gasteiger partial charge in [0.25, 0.3) is 0 Å². The number of nitrogens with one attached hydrogen (secondary N) is 2.